The Morgan fingerprint density at radius 2 is 2.04 bits per heavy atom. The minimum absolute atomic E-state index is 0.0846. The lowest BCUT2D eigenvalue weighted by Crippen LogP contribution is -2.33. The highest BCUT2D eigenvalue weighted by Crippen LogP contribution is 2.25. The van der Waals surface area contributed by atoms with E-state index >= 15 is 0 Å². The van der Waals surface area contributed by atoms with Crippen molar-refractivity contribution in [2.75, 3.05) is 5.32 Å². The standard InChI is InChI=1S/C22H24N4O/c1-16-23-12-13-26(16)20-10-6-17(7-11-20)15-24-22(27)14-19-9-8-18-4-2-3-5-21(18)25-19/h2-7,10-13,19,25H,8-9,14-15H2,1H3,(H,24,27). The van der Waals surface area contributed by atoms with Crippen molar-refractivity contribution in [3.8, 4) is 5.69 Å². The first-order valence-electron chi connectivity index (χ1n) is 9.39. The van der Waals surface area contributed by atoms with Gasteiger partial charge in [-0.3, -0.25) is 4.79 Å². The molecule has 2 aromatic carbocycles. The zero-order chi connectivity index (χ0) is 18.6. The second-order valence-corrected chi connectivity index (χ2v) is 7.03. The number of nitrogens with one attached hydrogen (secondary N) is 2. The van der Waals surface area contributed by atoms with Crippen molar-refractivity contribution in [3.05, 3.63) is 77.9 Å². The fourth-order valence-corrected chi connectivity index (χ4v) is 3.58. The Bertz CT molecular complexity index is 929. The quantitative estimate of drug-likeness (QED) is 0.731. The van der Waals surface area contributed by atoms with Crippen molar-refractivity contribution in [2.24, 2.45) is 0 Å². The van der Waals surface area contributed by atoms with Crippen molar-refractivity contribution in [1.82, 2.24) is 14.9 Å². The molecule has 0 bridgehead atoms. The molecule has 2 N–H and O–H groups in total. The van der Waals surface area contributed by atoms with Gasteiger partial charge in [0.15, 0.2) is 0 Å². The first-order valence-corrected chi connectivity index (χ1v) is 9.39. The molecule has 0 spiro atoms. The second-order valence-electron chi connectivity index (χ2n) is 7.03. The van der Waals surface area contributed by atoms with Crippen molar-refractivity contribution in [3.63, 3.8) is 0 Å². The number of benzene rings is 2. The Labute approximate surface area is 159 Å². The Kier molecular flexibility index (Phi) is 4.92. The zero-order valence-electron chi connectivity index (χ0n) is 15.5. The third-order valence-corrected chi connectivity index (χ3v) is 5.10. The van der Waals surface area contributed by atoms with E-state index in [1.54, 1.807) is 6.20 Å². The number of rotatable bonds is 5. The third kappa shape index (κ3) is 4.03. The summed E-state index contributed by atoms with van der Waals surface area (Å²) in [5.41, 5.74) is 4.66. The van der Waals surface area contributed by atoms with Gasteiger partial charge < -0.3 is 15.2 Å². The Balaban J connectivity index is 1.29. The molecule has 1 atom stereocenters. The van der Waals surface area contributed by atoms with Crippen LogP contribution in [0.5, 0.6) is 0 Å². The van der Waals surface area contributed by atoms with Gasteiger partial charge in [0, 0.05) is 42.8 Å². The summed E-state index contributed by atoms with van der Waals surface area (Å²) in [5.74, 6) is 1.04. The van der Waals surface area contributed by atoms with Crippen LogP contribution in [0.25, 0.3) is 5.69 Å². The molecule has 1 aliphatic heterocycles. The van der Waals surface area contributed by atoms with Crippen molar-refractivity contribution in [1.29, 1.82) is 0 Å². The number of aromatic nitrogens is 2. The van der Waals surface area contributed by atoms with Gasteiger partial charge in [0.05, 0.1) is 0 Å². The molecule has 0 saturated carbocycles. The van der Waals surface area contributed by atoms with Crippen molar-refractivity contribution >= 4 is 11.6 Å². The maximum Gasteiger partial charge on any atom is 0.222 e. The van der Waals surface area contributed by atoms with E-state index in [1.807, 2.05) is 35.9 Å². The highest BCUT2D eigenvalue weighted by atomic mass is 16.1. The van der Waals surface area contributed by atoms with Gasteiger partial charge >= 0.3 is 0 Å². The molecule has 0 saturated heterocycles. The number of imidazole rings is 1. The van der Waals surface area contributed by atoms with Gasteiger partial charge in [0.25, 0.3) is 0 Å². The summed E-state index contributed by atoms with van der Waals surface area (Å²) in [4.78, 5) is 16.6. The summed E-state index contributed by atoms with van der Waals surface area (Å²) in [6, 6.07) is 16.7. The number of nitrogens with zero attached hydrogens (tertiary/aromatic N) is 2. The van der Waals surface area contributed by atoms with Crippen LogP contribution in [0.1, 0.15) is 29.8 Å². The smallest absolute Gasteiger partial charge is 0.222 e. The molecule has 1 aromatic heterocycles. The van der Waals surface area contributed by atoms with E-state index in [-0.39, 0.29) is 11.9 Å². The molecule has 2 heterocycles. The topological polar surface area (TPSA) is 59.0 Å². The van der Waals surface area contributed by atoms with E-state index < -0.39 is 0 Å². The Hall–Kier alpha value is -3.08. The number of carbonyl (C=O) groups is 1. The summed E-state index contributed by atoms with van der Waals surface area (Å²) in [5, 5.41) is 6.52. The van der Waals surface area contributed by atoms with Gasteiger partial charge in [-0.1, -0.05) is 30.3 Å². The third-order valence-electron chi connectivity index (χ3n) is 5.10. The van der Waals surface area contributed by atoms with Gasteiger partial charge in [-0.25, -0.2) is 4.98 Å². The SMILES string of the molecule is Cc1nccn1-c1ccc(CNC(=O)CC2CCc3ccccc3N2)cc1. The molecule has 0 aliphatic carbocycles. The maximum atomic E-state index is 12.3. The van der Waals surface area contributed by atoms with Gasteiger partial charge in [0.1, 0.15) is 5.82 Å². The van der Waals surface area contributed by atoms with Crippen LogP contribution in [0.15, 0.2) is 60.9 Å². The predicted octanol–water partition coefficient (Wildman–Crippen LogP) is 3.61. The number of aryl methyl sites for hydroxylation is 2. The zero-order valence-corrected chi connectivity index (χ0v) is 15.5. The largest absolute Gasteiger partial charge is 0.382 e. The first-order chi connectivity index (χ1) is 13.2. The number of anilines is 1. The van der Waals surface area contributed by atoms with E-state index in [4.69, 9.17) is 0 Å². The number of carbonyl (C=O) groups excluding carboxylic acids is 1. The predicted molar refractivity (Wildman–Crippen MR) is 107 cm³/mol. The summed E-state index contributed by atoms with van der Waals surface area (Å²) in [6.07, 6.45) is 6.25. The lowest BCUT2D eigenvalue weighted by atomic mass is 9.96. The second kappa shape index (κ2) is 7.66. The maximum absolute atomic E-state index is 12.3. The average Bonchev–Trinajstić information content (AvgIpc) is 3.12. The van der Waals surface area contributed by atoms with E-state index in [1.165, 1.54) is 5.56 Å². The van der Waals surface area contributed by atoms with Gasteiger partial charge in [-0.05, 0) is 49.1 Å². The van der Waals surface area contributed by atoms with Crippen LogP contribution < -0.4 is 10.6 Å². The van der Waals surface area contributed by atoms with Gasteiger partial charge in [-0.15, -0.1) is 0 Å². The average molecular weight is 360 g/mol. The summed E-state index contributed by atoms with van der Waals surface area (Å²) in [7, 11) is 0. The molecule has 5 heteroatoms. The Morgan fingerprint density at radius 1 is 1.22 bits per heavy atom. The van der Waals surface area contributed by atoms with E-state index in [0.29, 0.717) is 13.0 Å². The monoisotopic (exact) mass is 360 g/mol. The van der Waals surface area contributed by atoms with Crippen LogP contribution in [0.3, 0.4) is 0 Å². The molecule has 0 radical (unpaired) electrons. The van der Waals surface area contributed by atoms with Gasteiger partial charge in [0.2, 0.25) is 5.91 Å². The van der Waals surface area contributed by atoms with Crippen LogP contribution in [0, 0.1) is 6.92 Å². The van der Waals surface area contributed by atoms with Crippen LogP contribution in [-0.2, 0) is 17.8 Å². The molecule has 3 aromatic rings. The van der Waals surface area contributed by atoms with E-state index in [2.05, 4.69) is 45.9 Å². The summed E-state index contributed by atoms with van der Waals surface area (Å²) in [6.45, 7) is 2.52. The van der Waals surface area contributed by atoms with Gasteiger partial charge in [-0.2, -0.15) is 0 Å². The molecule has 1 amide bonds. The molecule has 27 heavy (non-hydrogen) atoms. The number of para-hydroxylation sites is 1. The van der Waals surface area contributed by atoms with Crippen molar-refractivity contribution in [2.45, 2.75) is 38.8 Å². The number of hydrogen-bond donors (Lipinski definition) is 2. The Morgan fingerprint density at radius 3 is 2.81 bits per heavy atom. The van der Waals surface area contributed by atoms with Crippen molar-refractivity contribution < 1.29 is 4.79 Å². The lowest BCUT2D eigenvalue weighted by molar-refractivity contribution is -0.121. The highest BCUT2D eigenvalue weighted by molar-refractivity contribution is 5.77. The molecule has 1 unspecified atom stereocenters. The molecule has 5 nitrogen and oxygen atoms in total. The molecule has 1 aliphatic rings. The highest BCUT2D eigenvalue weighted by Gasteiger charge is 2.19. The molecule has 138 valence electrons. The molecule has 0 fully saturated rings. The summed E-state index contributed by atoms with van der Waals surface area (Å²) >= 11 is 0. The molecular formula is C22H24N4O. The minimum atomic E-state index is 0.0846. The fraction of sp³-hybridized carbons (Fsp3) is 0.273. The number of hydrogen-bond acceptors (Lipinski definition) is 3. The van der Waals surface area contributed by atoms with E-state index in [9.17, 15) is 4.79 Å². The number of amides is 1. The normalized spacial score (nSPS) is 15.7. The first kappa shape index (κ1) is 17.3. The fourth-order valence-electron chi connectivity index (χ4n) is 3.58. The minimum Gasteiger partial charge on any atom is -0.382 e. The van der Waals surface area contributed by atoms with Crippen LogP contribution in [-0.4, -0.2) is 21.5 Å². The lowest BCUT2D eigenvalue weighted by Gasteiger charge is -2.26. The molecular weight excluding hydrogens is 336 g/mol. The number of fused-ring (bicyclic) bond motifs is 1. The van der Waals surface area contributed by atoms with Crippen LogP contribution in [0.4, 0.5) is 5.69 Å². The summed E-state index contributed by atoms with van der Waals surface area (Å²) < 4.78 is 2.04. The van der Waals surface area contributed by atoms with Crippen LogP contribution in [0.2, 0.25) is 0 Å². The van der Waals surface area contributed by atoms with E-state index in [0.717, 1.165) is 35.6 Å². The van der Waals surface area contributed by atoms with Crippen LogP contribution >= 0.6 is 0 Å². The molecule has 4 rings (SSSR count).